The number of carbonyl (C=O) groups excluding carboxylic acids is 2. The minimum absolute atomic E-state index is 0.00233. The SMILES string of the molecule is COC(=O)C(N)Cc1ccc2c(c1C)CC(=O)N2. The van der Waals surface area contributed by atoms with E-state index >= 15 is 0 Å². The number of methoxy groups -OCH3 is 1. The molecule has 0 fully saturated rings. The molecular formula is C13H16N2O3. The van der Waals surface area contributed by atoms with Crippen LogP contribution >= 0.6 is 0 Å². The second-order valence-electron chi connectivity index (χ2n) is 4.43. The third kappa shape index (κ3) is 2.22. The smallest absolute Gasteiger partial charge is 0.322 e. The molecule has 0 saturated carbocycles. The van der Waals surface area contributed by atoms with Gasteiger partial charge in [0.25, 0.3) is 0 Å². The fourth-order valence-electron chi connectivity index (χ4n) is 2.20. The minimum Gasteiger partial charge on any atom is -0.468 e. The topological polar surface area (TPSA) is 81.4 Å². The Morgan fingerprint density at radius 2 is 2.28 bits per heavy atom. The van der Waals surface area contributed by atoms with Gasteiger partial charge in [-0.15, -0.1) is 0 Å². The van der Waals surface area contributed by atoms with E-state index in [1.54, 1.807) is 0 Å². The van der Waals surface area contributed by atoms with Crippen molar-refractivity contribution in [1.29, 1.82) is 0 Å². The van der Waals surface area contributed by atoms with Crippen LogP contribution in [0.25, 0.3) is 0 Å². The Labute approximate surface area is 105 Å². The van der Waals surface area contributed by atoms with Crippen molar-refractivity contribution in [2.75, 3.05) is 12.4 Å². The number of ether oxygens (including phenoxy) is 1. The first-order valence-electron chi connectivity index (χ1n) is 5.77. The second-order valence-corrected chi connectivity index (χ2v) is 4.43. The van der Waals surface area contributed by atoms with Gasteiger partial charge in [0.05, 0.1) is 13.5 Å². The fraction of sp³-hybridized carbons (Fsp3) is 0.385. The van der Waals surface area contributed by atoms with Crippen molar-refractivity contribution < 1.29 is 14.3 Å². The summed E-state index contributed by atoms with van der Waals surface area (Å²) in [5.74, 6) is -0.424. The summed E-state index contributed by atoms with van der Waals surface area (Å²) >= 11 is 0. The van der Waals surface area contributed by atoms with Crippen LogP contribution in [-0.2, 0) is 27.2 Å². The molecule has 1 aliphatic rings. The number of esters is 1. The summed E-state index contributed by atoms with van der Waals surface area (Å²) in [7, 11) is 1.32. The van der Waals surface area contributed by atoms with E-state index in [0.29, 0.717) is 12.8 Å². The molecule has 3 N–H and O–H groups in total. The number of carbonyl (C=O) groups is 2. The number of benzene rings is 1. The van der Waals surface area contributed by atoms with Crippen molar-refractivity contribution in [3.8, 4) is 0 Å². The molecule has 0 aliphatic carbocycles. The summed E-state index contributed by atoms with van der Waals surface area (Å²) < 4.78 is 4.60. The lowest BCUT2D eigenvalue weighted by molar-refractivity contribution is -0.142. The zero-order chi connectivity index (χ0) is 13.3. The molecular weight excluding hydrogens is 232 g/mol. The third-order valence-electron chi connectivity index (χ3n) is 3.27. The first kappa shape index (κ1) is 12.6. The molecule has 0 aromatic heterocycles. The maximum Gasteiger partial charge on any atom is 0.322 e. The Hall–Kier alpha value is -1.88. The summed E-state index contributed by atoms with van der Waals surface area (Å²) in [5, 5.41) is 2.79. The number of hydrogen-bond acceptors (Lipinski definition) is 4. The highest BCUT2D eigenvalue weighted by molar-refractivity contribution is 5.99. The van der Waals surface area contributed by atoms with E-state index in [9.17, 15) is 9.59 Å². The first-order valence-corrected chi connectivity index (χ1v) is 5.77. The van der Waals surface area contributed by atoms with Crippen molar-refractivity contribution in [1.82, 2.24) is 0 Å². The average molecular weight is 248 g/mol. The van der Waals surface area contributed by atoms with Gasteiger partial charge < -0.3 is 15.8 Å². The highest BCUT2D eigenvalue weighted by atomic mass is 16.5. The molecule has 0 bridgehead atoms. The van der Waals surface area contributed by atoms with E-state index in [1.807, 2.05) is 19.1 Å². The zero-order valence-electron chi connectivity index (χ0n) is 10.4. The Kier molecular flexibility index (Phi) is 3.34. The van der Waals surface area contributed by atoms with Crippen molar-refractivity contribution >= 4 is 17.6 Å². The van der Waals surface area contributed by atoms with Crippen molar-refractivity contribution in [3.63, 3.8) is 0 Å². The molecule has 5 nitrogen and oxygen atoms in total. The molecule has 5 heteroatoms. The lowest BCUT2D eigenvalue weighted by atomic mass is 9.95. The average Bonchev–Trinajstić information content (AvgIpc) is 2.73. The van der Waals surface area contributed by atoms with Gasteiger partial charge in [-0.3, -0.25) is 9.59 Å². The molecule has 0 spiro atoms. The normalized spacial score (nSPS) is 14.9. The van der Waals surface area contributed by atoms with Crippen LogP contribution in [0, 0.1) is 6.92 Å². The van der Waals surface area contributed by atoms with E-state index in [0.717, 1.165) is 22.4 Å². The predicted molar refractivity (Wildman–Crippen MR) is 67.2 cm³/mol. The van der Waals surface area contributed by atoms with E-state index in [2.05, 4.69) is 10.1 Å². The van der Waals surface area contributed by atoms with E-state index in [-0.39, 0.29) is 5.91 Å². The third-order valence-corrected chi connectivity index (χ3v) is 3.27. The summed E-state index contributed by atoms with van der Waals surface area (Å²) in [5.41, 5.74) is 9.59. The molecule has 0 saturated heterocycles. The molecule has 1 aromatic rings. The standard InChI is InChI=1S/C13H16N2O3/c1-7-8(5-10(14)13(17)18-2)3-4-11-9(7)6-12(16)15-11/h3-4,10H,5-6,14H2,1-2H3,(H,15,16). The number of nitrogens with one attached hydrogen (secondary N) is 1. The lowest BCUT2D eigenvalue weighted by Crippen LogP contribution is -2.33. The van der Waals surface area contributed by atoms with Crippen LogP contribution in [0.4, 0.5) is 5.69 Å². The molecule has 0 radical (unpaired) electrons. The number of rotatable bonds is 3. The largest absolute Gasteiger partial charge is 0.468 e. The molecule has 1 unspecified atom stereocenters. The van der Waals surface area contributed by atoms with Gasteiger partial charge in [-0.25, -0.2) is 0 Å². The van der Waals surface area contributed by atoms with Crippen LogP contribution in [0.2, 0.25) is 0 Å². The van der Waals surface area contributed by atoms with Crippen LogP contribution < -0.4 is 11.1 Å². The van der Waals surface area contributed by atoms with Crippen molar-refractivity contribution in [2.45, 2.75) is 25.8 Å². The van der Waals surface area contributed by atoms with Gasteiger partial charge in [0.1, 0.15) is 6.04 Å². The van der Waals surface area contributed by atoms with E-state index < -0.39 is 12.0 Å². The summed E-state index contributed by atoms with van der Waals surface area (Å²) in [4.78, 5) is 22.6. The quantitative estimate of drug-likeness (QED) is 0.765. The molecule has 1 aliphatic heterocycles. The fourth-order valence-corrected chi connectivity index (χ4v) is 2.20. The summed E-state index contributed by atoms with van der Waals surface area (Å²) in [6.45, 7) is 1.94. The van der Waals surface area contributed by atoms with Gasteiger partial charge in [-0.2, -0.15) is 0 Å². The molecule has 1 amide bonds. The monoisotopic (exact) mass is 248 g/mol. The maximum atomic E-state index is 11.3. The molecule has 1 heterocycles. The molecule has 1 atom stereocenters. The van der Waals surface area contributed by atoms with Crippen molar-refractivity contribution in [2.24, 2.45) is 5.73 Å². The van der Waals surface area contributed by atoms with Gasteiger partial charge >= 0.3 is 5.97 Å². The van der Waals surface area contributed by atoms with Crippen LogP contribution in [0.3, 0.4) is 0 Å². The van der Waals surface area contributed by atoms with Crippen LogP contribution in [0.15, 0.2) is 12.1 Å². The number of anilines is 1. The van der Waals surface area contributed by atoms with Gasteiger partial charge in [-0.05, 0) is 36.1 Å². The Morgan fingerprint density at radius 1 is 1.56 bits per heavy atom. The second kappa shape index (κ2) is 4.78. The highest BCUT2D eigenvalue weighted by Gasteiger charge is 2.22. The zero-order valence-corrected chi connectivity index (χ0v) is 10.4. The number of nitrogens with two attached hydrogens (primary N) is 1. The van der Waals surface area contributed by atoms with Gasteiger partial charge in [-0.1, -0.05) is 6.07 Å². The van der Waals surface area contributed by atoms with Crippen molar-refractivity contribution in [3.05, 3.63) is 28.8 Å². The summed E-state index contributed by atoms with van der Waals surface area (Å²) in [6, 6.07) is 3.08. The van der Waals surface area contributed by atoms with Gasteiger partial charge in [0, 0.05) is 5.69 Å². The lowest BCUT2D eigenvalue weighted by Gasteiger charge is -2.13. The number of amides is 1. The van der Waals surface area contributed by atoms with Crippen LogP contribution in [0.1, 0.15) is 16.7 Å². The molecule has 2 rings (SSSR count). The molecule has 1 aromatic carbocycles. The Bertz CT molecular complexity index is 511. The number of hydrogen-bond donors (Lipinski definition) is 2. The predicted octanol–water partition coefficient (Wildman–Crippen LogP) is 0.532. The van der Waals surface area contributed by atoms with E-state index in [4.69, 9.17) is 5.73 Å². The van der Waals surface area contributed by atoms with Gasteiger partial charge in [0.2, 0.25) is 5.91 Å². The first-order chi connectivity index (χ1) is 8.52. The maximum absolute atomic E-state index is 11.3. The molecule has 18 heavy (non-hydrogen) atoms. The molecule has 96 valence electrons. The van der Waals surface area contributed by atoms with E-state index in [1.165, 1.54) is 7.11 Å². The number of fused-ring (bicyclic) bond motifs is 1. The minimum atomic E-state index is -0.670. The van der Waals surface area contributed by atoms with Gasteiger partial charge in [0.15, 0.2) is 0 Å². The summed E-state index contributed by atoms with van der Waals surface area (Å²) in [6.07, 6.45) is 0.808. The van der Waals surface area contributed by atoms with Crippen LogP contribution in [-0.4, -0.2) is 25.0 Å². The Balaban J connectivity index is 2.24. The Morgan fingerprint density at radius 3 is 2.94 bits per heavy atom. The van der Waals surface area contributed by atoms with Crippen LogP contribution in [0.5, 0.6) is 0 Å². The highest BCUT2D eigenvalue weighted by Crippen LogP contribution is 2.28.